The fourth-order valence-corrected chi connectivity index (χ4v) is 3.61. The minimum absolute atomic E-state index is 0.0705. The van der Waals surface area contributed by atoms with Gasteiger partial charge in [-0.3, -0.25) is 9.36 Å². The molecule has 0 aliphatic carbocycles. The molecule has 3 aromatic heterocycles. The first-order chi connectivity index (χ1) is 14.2. The van der Waals surface area contributed by atoms with Crippen LogP contribution in [0.2, 0.25) is 0 Å². The predicted molar refractivity (Wildman–Crippen MR) is 108 cm³/mol. The topological polar surface area (TPSA) is 80.3 Å². The summed E-state index contributed by atoms with van der Waals surface area (Å²) in [5.74, 6) is 2.66. The van der Waals surface area contributed by atoms with Crippen molar-refractivity contribution in [3.8, 4) is 5.82 Å². The summed E-state index contributed by atoms with van der Waals surface area (Å²) in [6.07, 6.45) is 5.30. The van der Waals surface area contributed by atoms with Crippen molar-refractivity contribution in [2.45, 2.75) is 6.92 Å². The lowest BCUT2D eigenvalue weighted by Crippen LogP contribution is -2.49. The van der Waals surface area contributed by atoms with Crippen molar-refractivity contribution >= 4 is 22.7 Å². The summed E-state index contributed by atoms with van der Waals surface area (Å²) in [6.45, 7) is 4.50. The second kappa shape index (κ2) is 7.05. The first-order valence-corrected chi connectivity index (χ1v) is 9.54. The SMILES string of the molecule is Cc1nc(N2CCN(C(=O)c3cc4ccccc4o3)CC2)cc(-n2ccnc2)n1. The molecule has 8 nitrogen and oxygen atoms in total. The number of amides is 1. The number of furan rings is 1. The number of aryl methyl sites for hydroxylation is 1. The molecule has 1 fully saturated rings. The number of nitrogens with zero attached hydrogens (tertiary/aromatic N) is 6. The molecule has 1 aromatic carbocycles. The number of fused-ring (bicyclic) bond motifs is 1. The van der Waals surface area contributed by atoms with Crippen molar-refractivity contribution in [3.63, 3.8) is 0 Å². The van der Waals surface area contributed by atoms with Crippen LogP contribution < -0.4 is 4.90 Å². The normalized spacial score (nSPS) is 14.5. The highest BCUT2D eigenvalue weighted by atomic mass is 16.3. The number of piperazine rings is 1. The molecule has 4 aromatic rings. The maximum atomic E-state index is 12.9. The highest BCUT2D eigenvalue weighted by Gasteiger charge is 2.25. The highest BCUT2D eigenvalue weighted by molar-refractivity contribution is 5.96. The Morgan fingerprint density at radius 3 is 2.59 bits per heavy atom. The zero-order valence-electron chi connectivity index (χ0n) is 16.0. The Balaban J connectivity index is 1.31. The molecule has 0 unspecified atom stereocenters. The van der Waals surface area contributed by atoms with E-state index in [0.717, 1.165) is 22.6 Å². The van der Waals surface area contributed by atoms with Gasteiger partial charge in [-0.1, -0.05) is 18.2 Å². The number of rotatable bonds is 3. The predicted octanol–water partition coefficient (Wildman–Crippen LogP) is 2.68. The number of imidazole rings is 1. The molecule has 0 spiro atoms. The second-order valence-electron chi connectivity index (χ2n) is 7.03. The minimum Gasteiger partial charge on any atom is -0.451 e. The third-order valence-electron chi connectivity index (χ3n) is 5.11. The molecule has 0 radical (unpaired) electrons. The van der Waals surface area contributed by atoms with Gasteiger partial charge < -0.3 is 14.2 Å². The fraction of sp³-hybridized carbons (Fsp3) is 0.238. The zero-order chi connectivity index (χ0) is 19.8. The van der Waals surface area contributed by atoms with Crippen molar-refractivity contribution in [1.29, 1.82) is 0 Å². The monoisotopic (exact) mass is 388 g/mol. The van der Waals surface area contributed by atoms with E-state index < -0.39 is 0 Å². The molecule has 0 atom stereocenters. The van der Waals surface area contributed by atoms with Crippen molar-refractivity contribution < 1.29 is 9.21 Å². The molecule has 4 heterocycles. The Bertz CT molecular complexity index is 1130. The Kier molecular flexibility index (Phi) is 4.23. The number of hydrogen-bond donors (Lipinski definition) is 0. The quantitative estimate of drug-likeness (QED) is 0.537. The van der Waals surface area contributed by atoms with Crippen LogP contribution in [0, 0.1) is 6.92 Å². The molecule has 0 bridgehead atoms. The molecule has 1 amide bonds. The van der Waals surface area contributed by atoms with Gasteiger partial charge in [-0.15, -0.1) is 0 Å². The maximum Gasteiger partial charge on any atom is 0.289 e. The van der Waals surface area contributed by atoms with Crippen LogP contribution in [0.1, 0.15) is 16.4 Å². The molecule has 1 aliphatic heterocycles. The van der Waals surface area contributed by atoms with Crippen LogP contribution in [0.25, 0.3) is 16.8 Å². The summed E-state index contributed by atoms with van der Waals surface area (Å²) < 4.78 is 7.59. The Morgan fingerprint density at radius 2 is 1.83 bits per heavy atom. The van der Waals surface area contributed by atoms with E-state index in [1.54, 1.807) is 12.5 Å². The fourth-order valence-electron chi connectivity index (χ4n) is 3.61. The Labute approximate surface area is 167 Å². The maximum absolute atomic E-state index is 12.9. The van der Waals surface area contributed by atoms with Crippen LogP contribution in [0.5, 0.6) is 0 Å². The van der Waals surface area contributed by atoms with Gasteiger partial charge in [0.05, 0.1) is 0 Å². The molecule has 29 heavy (non-hydrogen) atoms. The lowest BCUT2D eigenvalue weighted by Gasteiger charge is -2.35. The summed E-state index contributed by atoms with van der Waals surface area (Å²) in [5, 5.41) is 0.943. The lowest BCUT2D eigenvalue weighted by atomic mass is 10.2. The van der Waals surface area contributed by atoms with Gasteiger partial charge >= 0.3 is 0 Å². The van der Waals surface area contributed by atoms with E-state index in [2.05, 4.69) is 19.9 Å². The smallest absolute Gasteiger partial charge is 0.289 e. The highest BCUT2D eigenvalue weighted by Crippen LogP contribution is 2.22. The van der Waals surface area contributed by atoms with E-state index in [-0.39, 0.29) is 5.91 Å². The van der Waals surface area contributed by atoms with E-state index in [4.69, 9.17) is 4.42 Å². The van der Waals surface area contributed by atoms with E-state index in [9.17, 15) is 4.79 Å². The zero-order valence-corrected chi connectivity index (χ0v) is 16.0. The Morgan fingerprint density at radius 1 is 1.03 bits per heavy atom. The van der Waals surface area contributed by atoms with Gasteiger partial charge in [-0.25, -0.2) is 15.0 Å². The molecule has 1 aliphatic rings. The summed E-state index contributed by atoms with van der Waals surface area (Å²) >= 11 is 0. The van der Waals surface area contributed by atoms with Gasteiger partial charge in [0.2, 0.25) is 0 Å². The number of carbonyl (C=O) groups is 1. The third-order valence-corrected chi connectivity index (χ3v) is 5.11. The van der Waals surface area contributed by atoms with Gasteiger partial charge in [0.15, 0.2) is 5.76 Å². The average molecular weight is 388 g/mol. The summed E-state index contributed by atoms with van der Waals surface area (Å²) in [7, 11) is 0. The summed E-state index contributed by atoms with van der Waals surface area (Å²) in [6, 6.07) is 11.4. The van der Waals surface area contributed by atoms with Crippen LogP contribution in [0.4, 0.5) is 5.82 Å². The first kappa shape index (κ1) is 17.4. The minimum atomic E-state index is -0.0705. The molecule has 5 rings (SSSR count). The van der Waals surface area contributed by atoms with Gasteiger partial charge in [-0.05, 0) is 19.1 Å². The van der Waals surface area contributed by atoms with Crippen LogP contribution in [-0.2, 0) is 0 Å². The summed E-state index contributed by atoms with van der Waals surface area (Å²) in [5.41, 5.74) is 0.734. The average Bonchev–Trinajstić information content (AvgIpc) is 3.43. The van der Waals surface area contributed by atoms with Crippen LogP contribution in [-0.4, -0.2) is 56.5 Å². The van der Waals surface area contributed by atoms with Crippen molar-refractivity contribution in [1.82, 2.24) is 24.4 Å². The standard InChI is InChI=1S/C21H20N6O2/c1-15-23-19(13-20(24-15)27-7-6-22-14-27)25-8-10-26(11-9-25)21(28)18-12-16-4-2-3-5-17(16)29-18/h2-7,12-14H,8-11H2,1H3. The summed E-state index contributed by atoms with van der Waals surface area (Å²) in [4.78, 5) is 30.0. The van der Waals surface area contributed by atoms with Gasteiger partial charge in [-0.2, -0.15) is 0 Å². The van der Waals surface area contributed by atoms with Crippen LogP contribution in [0.15, 0.2) is 59.5 Å². The van der Waals surface area contributed by atoms with Gasteiger partial charge in [0.1, 0.15) is 29.4 Å². The number of anilines is 1. The van der Waals surface area contributed by atoms with Crippen LogP contribution in [0.3, 0.4) is 0 Å². The van der Waals surface area contributed by atoms with Crippen molar-refractivity contribution in [2.24, 2.45) is 0 Å². The van der Waals surface area contributed by atoms with Crippen LogP contribution >= 0.6 is 0 Å². The number of para-hydroxylation sites is 1. The number of carbonyl (C=O) groups excluding carboxylic acids is 1. The molecular weight excluding hydrogens is 368 g/mol. The van der Waals surface area contributed by atoms with Gasteiger partial charge in [0.25, 0.3) is 5.91 Å². The molecule has 0 N–H and O–H groups in total. The van der Waals surface area contributed by atoms with E-state index in [1.165, 1.54) is 0 Å². The van der Waals surface area contributed by atoms with Crippen molar-refractivity contribution in [3.05, 3.63) is 66.7 Å². The van der Waals surface area contributed by atoms with Crippen molar-refractivity contribution in [2.75, 3.05) is 31.1 Å². The van der Waals surface area contributed by atoms with E-state index in [1.807, 2.05) is 59.0 Å². The molecule has 146 valence electrons. The van der Waals surface area contributed by atoms with E-state index >= 15 is 0 Å². The largest absolute Gasteiger partial charge is 0.451 e. The number of aromatic nitrogens is 4. The molecule has 8 heteroatoms. The Hall–Kier alpha value is -3.68. The van der Waals surface area contributed by atoms with E-state index in [0.29, 0.717) is 37.8 Å². The molecule has 0 saturated carbocycles. The first-order valence-electron chi connectivity index (χ1n) is 9.54. The number of hydrogen-bond acceptors (Lipinski definition) is 6. The lowest BCUT2D eigenvalue weighted by molar-refractivity contribution is 0.0717. The second-order valence-corrected chi connectivity index (χ2v) is 7.03. The van der Waals surface area contributed by atoms with Gasteiger partial charge in [0, 0.05) is 50.0 Å². The molecule has 1 saturated heterocycles. The molecular formula is C21H20N6O2. The number of benzene rings is 1. The third kappa shape index (κ3) is 3.33.